The molecule has 3 rings (SSSR count). The van der Waals surface area contributed by atoms with E-state index < -0.39 is 15.8 Å². The van der Waals surface area contributed by atoms with Crippen LogP contribution in [0, 0.1) is 5.82 Å². The topological polar surface area (TPSA) is 52.0 Å². The van der Waals surface area contributed by atoms with E-state index in [9.17, 15) is 12.8 Å². The molecule has 0 radical (unpaired) electrons. The first-order chi connectivity index (χ1) is 9.51. The molecule has 0 aliphatic heterocycles. The Hall–Kier alpha value is -1.92. The van der Waals surface area contributed by atoms with Crippen molar-refractivity contribution in [2.75, 3.05) is 0 Å². The normalized spacial score (nSPS) is 11.9. The van der Waals surface area contributed by atoms with Crippen molar-refractivity contribution in [3.8, 4) is 0 Å². The summed E-state index contributed by atoms with van der Waals surface area (Å²) in [7, 11) is -3.91. The molecule has 102 valence electrons. The minimum absolute atomic E-state index is 0.0288. The highest BCUT2D eigenvalue weighted by atomic mass is 35.5. The Morgan fingerprint density at radius 2 is 1.85 bits per heavy atom. The van der Waals surface area contributed by atoms with Crippen LogP contribution in [-0.4, -0.2) is 17.4 Å². The number of benzene rings is 1. The number of rotatable bonds is 2. The summed E-state index contributed by atoms with van der Waals surface area (Å²) in [5.41, 5.74) is -0.0288. The molecule has 7 heteroatoms. The maximum atomic E-state index is 13.7. The van der Waals surface area contributed by atoms with Gasteiger partial charge in [0.05, 0.1) is 10.3 Å². The number of aromatic nitrogens is 2. The van der Waals surface area contributed by atoms with Gasteiger partial charge < -0.3 is 0 Å². The van der Waals surface area contributed by atoms with Crippen LogP contribution in [0.4, 0.5) is 4.39 Å². The standard InChI is InChI=1S/C13H8ClFN2O2S/c14-12-8-10-11(15)6-7-16-13(10)17(12)20(18,19)9-4-2-1-3-5-9/h1-8H. The van der Waals surface area contributed by atoms with E-state index >= 15 is 0 Å². The van der Waals surface area contributed by atoms with Crippen LogP contribution in [0.15, 0.2) is 53.6 Å². The van der Waals surface area contributed by atoms with Crippen LogP contribution in [-0.2, 0) is 10.0 Å². The zero-order valence-corrected chi connectivity index (χ0v) is 11.6. The van der Waals surface area contributed by atoms with Crippen LogP contribution < -0.4 is 0 Å². The van der Waals surface area contributed by atoms with Gasteiger partial charge in [0, 0.05) is 6.20 Å². The zero-order valence-electron chi connectivity index (χ0n) is 9.99. The number of hydrogen-bond acceptors (Lipinski definition) is 3. The minimum Gasteiger partial charge on any atom is -0.237 e. The maximum absolute atomic E-state index is 13.7. The van der Waals surface area contributed by atoms with Gasteiger partial charge in [0.1, 0.15) is 11.0 Å². The molecule has 0 saturated carbocycles. The molecule has 2 heterocycles. The Balaban J connectivity index is 2.36. The highest BCUT2D eigenvalue weighted by Crippen LogP contribution is 2.28. The molecule has 0 aliphatic carbocycles. The van der Waals surface area contributed by atoms with Crippen molar-refractivity contribution >= 4 is 32.7 Å². The highest BCUT2D eigenvalue weighted by molar-refractivity contribution is 7.90. The van der Waals surface area contributed by atoms with E-state index in [4.69, 9.17) is 11.6 Å². The molecular weight excluding hydrogens is 303 g/mol. The summed E-state index contributed by atoms with van der Waals surface area (Å²) in [6, 6.07) is 10.2. The molecular formula is C13H8ClFN2O2S. The molecule has 2 aromatic heterocycles. The molecule has 0 bridgehead atoms. The van der Waals surface area contributed by atoms with Crippen LogP contribution in [0.3, 0.4) is 0 Å². The summed E-state index contributed by atoms with van der Waals surface area (Å²) in [6.07, 6.45) is 1.20. The monoisotopic (exact) mass is 310 g/mol. The van der Waals surface area contributed by atoms with E-state index in [1.165, 1.54) is 24.4 Å². The molecule has 0 atom stereocenters. The fourth-order valence-corrected chi connectivity index (χ4v) is 3.77. The number of halogens is 2. The molecule has 0 amide bonds. The lowest BCUT2D eigenvalue weighted by atomic mass is 10.3. The van der Waals surface area contributed by atoms with Gasteiger partial charge in [-0.3, -0.25) is 0 Å². The maximum Gasteiger partial charge on any atom is 0.270 e. The third-order valence-corrected chi connectivity index (χ3v) is 4.94. The molecule has 3 aromatic rings. The van der Waals surface area contributed by atoms with Crippen molar-refractivity contribution < 1.29 is 12.8 Å². The fraction of sp³-hybridized carbons (Fsp3) is 0. The Kier molecular flexibility index (Phi) is 2.99. The van der Waals surface area contributed by atoms with Crippen LogP contribution in [0.2, 0.25) is 5.15 Å². The third-order valence-electron chi connectivity index (χ3n) is 2.85. The molecule has 1 aromatic carbocycles. The van der Waals surface area contributed by atoms with E-state index in [0.717, 1.165) is 10.0 Å². The second-order valence-corrected chi connectivity index (χ2v) is 6.25. The van der Waals surface area contributed by atoms with Crippen molar-refractivity contribution in [2.24, 2.45) is 0 Å². The van der Waals surface area contributed by atoms with Crippen molar-refractivity contribution in [3.63, 3.8) is 0 Å². The number of pyridine rings is 1. The van der Waals surface area contributed by atoms with Gasteiger partial charge in [-0.05, 0) is 24.3 Å². The molecule has 4 nitrogen and oxygen atoms in total. The Morgan fingerprint density at radius 3 is 2.55 bits per heavy atom. The summed E-state index contributed by atoms with van der Waals surface area (Å²) in [4.78, 5) is 3.97. The summed E-state index contributed by atoms with van der Waals surface area (Å²) < 4.78 is 39.6. The van der Waals surface area contributed by atoms with E-state index in [-0.39, 0.29) is 21.1 Å². The van der Waals surface area contributed by atoms with E-state index in [2.05, 4.69) is 4.98 Å². The predicted molar refractivity (Wildman–Crippen MR) is 73.7 cm³/mol. The van der Waals surface area contributed by atoms with E-state index in [0.29, 0.717) is 0 Å². The second kappa shape index (κ2) is 4.57. The fourth-order valence-electron chi connectivity index (χ4n) is 1.94. The van der Waals surface area contributed by atoms with Gasteiger partial charge >= 0.3 is 0 Å². The molecule has 0 aliphatic rings. The number of nitrogens with zero attached hydrogens (tertiary/aromatic N) is 2. The number of hydrogen-bond donors (Lipinski definition) is 0. The molecule has 0 unspecified atom stereocenters. The Bertz CT molecular complexity index is 891. The lowest BCUT2D eigenvalue weighted by molar-refractivity contribution is 0.589. The summed E-state index contributed by atoms with van der Waals surface area (Å²) in [6.45, 7) is 0. The van der Waals surface area contributed by atoms with Crippen LogP contribution in [0.5, 0.6) is 0 Å². The third kappa shape index (κ3) is 1.88. The van der Waals surface area contributed by atoms with E-state index in [1.54, 1.807) is 18.2 Å². The van der Waals surface area contributed by atoms with Gasteiger partial charge in [-0.1, -0.05) is 29.8 Å². The molecule has 0 fully saturated rings. The summed E-state index contributed by atoms with van der Waals surface area (Å²) in [5, 5.41) is -0.0431. The first-order valence-electron chi connectivity index (χ1n) is 5.64. The van der Waals surface area contributed by atoms with Gasteiger partial charge in [0.15, 0.2) is 5.65 Å². The van der Waals surface area contributed by atoms with Gasteiger partial charge in [0.2, 0.25) is 0 Å². The van der Waals surface area contributed by atoms with Crippen molar-refractivity contribution in [3.05, 3.63) is 59.6 Å². The first kappa shape index (κ1) is 13.1. The summed E-state index contributed by atoms with van der Waals surface area (Å²) >= 11 is 5.95. The zero-order chi connectivity index (χ0) is 14.3. The van der Waals surface area contributed by atoms with E-state index in [1.807, 2.05) is 0 Å². The van der Waals surface area contributed by atoms with Crippen molar-refractivity contribution in [1.29, 1.82) is 0 Å². The molecule has 0 saturated heterocycles. The summed E-state index contributed by atoms with van der Waals surface area (Å²) in [5.74, 6) is -0.570. The van der Waals surface area contributed by atoms with Crippen molar-refractivity contribution in [2.45, 2.75) is 4.90 Å². The lowest BCUT2D eigenvalue weighted by Gasteiger charge is -2.07. The molecule has 0 N–H and O–H groups in total. The smallest absolute Gasteiger partial charge is 0.237 e. The van der Waals surface area contributed by atoms with Crippen LogP contribution in [0.25, 0.3) is 11.0 Å². The van der Waals surface area contributed by atoms with Crippen LogP contribution >= 0.6 is 11.6 Å². The number of fused-ring (bicyclic) bond motifs is 1. The van der Waals surface area contributed by atoms with Crippen LogP contribution in [0.1, 0.15) is 0 Å². The first-order valence-corrected chi connectivity index (χ1v) is 7.46. The second-order valence-electron chi connectivity index (χ2n) is 4.08. The van der Waals surface area contributed by atoms with Gasteiger partial charge in [-0.2, -0.15) is 0 Å². The molecule has 20 heavy (non-hydrogen) atoms. The highest BCUT2D eigenvalue weighted by Gasteiger charge is 2.24. The van der Waals surface area contributed by atoms with Gasteiger partial charge in [0.25, 0.3) is 10.0 Å². The predicted octanol–water partition coefficient (Wildman–Crippen LogP) is 3.07. The quantitative estimate of drug-likeness (QED) is 0.731. The average molecular weight is 311 g/mol. The Labute approximate surface area is 119 Å². The lowest BCUT2D eigenvalue weighted by Crippen LogP contribution is -2.13. The average Bonchev–Trinajstić information content (AvgIpc) is 2.78. The Morgan fingerprint density at radius 1 is 1.15 bits per heavy atom. The molecule has 0 spiro atoms. The largest absolute Gasteiger partial charge is 0.270 e. The van der Waals surface area contributed by atoms with Gasteiger partial charge in [-0.25, -0.2) is 21.8 Å². The minimum atomic E-state index is -3.91. The SMILES string of the molecule is O=S(=O)(c1ccccc1)n1c(Cl)cc2c(F)ccnc21. The van der Waals surface area contributed by atoms with Crippen molar-refractivity contribution in [1.82, 2.24) is 8.96 Å². The van der Waals surface area contributed by atoms with Gasteiger partial charge in [-0.15, -0.1) is 0 Å².